The van der Waals surface area contributed by atoms with Crippen molar-refractivity contribution in [3.8, 4) is 11.5 Å². The standard InChI is InChI=1S/C27H33N3O4/c1-18-7-5-6-14-30(18)16-21-8-11-23(12-9-21)28-27(31)22-10-13-25(26(15-22)32-4)33-17-24-19(2)29-34-20(24)3/h8-13,15,18H,5-7,14,16-17H2,1-4H3,(H,28,31)/t18-/m0/s1. The molecule has 1 amide bonds. The Labute approximate surface area is 201 Å². The lowest BCUT2D eigenvalue weighted by Gasteiger charge is -2.33. The Morgan fingerprint density at radius 3 is 2.62 bits per heavy atom. The van der Waals surface area contributed by atoms with Crippen LogP contribution in [0.15, 0.2) is 47.0 Å². The van der Waals surface area contributed by atoms with Crippen LogP contribution >= 0.6 is 0 Å². The number of nitrogens with zero attached hydrogens (tertiary/aromatic N) is 2. The summed E-state index contributed by atoms with van der Waals surface area (Å²) < 4.78 is 16.6. The van der Waals surface area contributed by atoms with Crippen molar-refractivity contribution < 1.29 is 18.8 Å². The van der Waals surface area contributed by atoms with E-state index in [1.54, 1.807) is 25.3 Å². The zero-order chi connectivity index (χ0) is 24.1. The second-order valence-corrected chi connectivity index (χ2v) is 8.92. The van der Waals surface area contributed by atoms with Crippen molar-refractivity contribution in [1.29, 1.82) is 0 Å². The Kier molecular flexibility index (Phi) is 7.53. The van der Waals surface area contributed by atoms with Crippen molar-refractivity contribution in [2.45, 2.75) is 59.2 Å². The van der Waals surface area contributed by atoms with E-state index in [2.05, 4.69) is 34.4 Å². The predicted octanol–water partition coefficient (Wildman–Crippen LogP) is 5.51. The van der Waals surface area contributed by atoms with E-state index in [0.717, 1.165) is 35.8 Å². The minimum atomic E-state index is -0.201. The molecule has 0 unspecified atom stereocenters. The summed E-state index contributed by atoms with van der Waals surface area (Å²) in [4.78, 5) is 15.4. The lowest BCUT2D eigenvalue weighted by molar-refractivity contribution is 0.102. The fourth-order valence-electron chi connectivity index (χ4n) is 4.31. The van der Waals surface area contributed by atoms with Crippen LogP contribution in [0.4, 0.5) is 5.69 Å². The summed E-state index contributed by atoms with van der Waals surface area (Å²) in [6.07, 6.45) is 3.86. The SMILES string of the molecule is COc1cc(C(=O)Nc2ccc(CN3CCCC[C@@H]3C)cc2)ccc1OCc1c(C)noc1C. The Morgan fingerprint density at radius 2 is 1.94 bits per heavy atom. The first-order chi connectivity index (χ1) is 16.4. The minimum absolute atomic E-state index is 0.201. The topological polar surface area (TPSA) is 76.8 Å². The number of aryl methyl sites for hydroxylation is 2. The molecule has 0 spiro atoms. The number of hydrogen-bond acceptors (Lipinski definition) is 6. The molecule has 0 saturated carbocycles. The first-order valence-corrected chi connectivity index (χ1v) is 11.8. The molecule has 1 aromatic heterocycles. The van der Waals surface area contributed by atoms with Gasteiger partial charge in [0.2, 0.25) is 0 Å². The molecule has 3 aromatic rings. The highest BCUT2D eigenvalue weighted by atomic mass is 16.5. The molecule has 34 heavy (non-hydrogen) atoms. The lowest BCUT2D eigenvalue weighted by Crippen LogP contribution is -2.36. The molecule has 1 atom stereocenters. The van der Waals surface area contributed by atoms with Gasteiger partial charge in [0.1, 0.15) is 12.4 Å². The molecule has 2 aromatic carbocycles. The molecule has 7 heteroatoms. The van der Waals surface area contributed by atoms with Crippen molar-refractivity contribution >= 4 is 11.6 Å². The van der Waals surface area contributed by atoms with Crippen LogP contribution in [0.25, 0.3) is 0 Å². The molecular formula is C27H33N3O4. The fraction of sp³-hybridized carbons (Fsp3) is 0.407. The van der Waals surface area contributed by atoms with E-state index in [1.807, 2.05) is 26.0 Å². The molecule has 1 N–H and O–H groups in total. The third-order valence-electron chi connectivity index (χ3n) is 6.52. The highest BCUT2D eigenvalue weighted by Crippen LogP contribution is 2.30. The molecular weight excluding hydrogens is 430 g/mol. The van der Waals surface area contributed by atoms with Gasteiger partial charge >= 0.3 is 0 Å². The number of carbonyl (C=O) groups excluding carboxylic acids is 1. The van der Waals surface area contributed by atoms with Crippen molar-refractivity contribution in [3.05, 3.63) is 70.6 Å². The summed E-state index contributed by atoms with van der Waals surface area (Å²) in [5, 5.41) is 6.91. The zero-order valence-corrected chi connectivity index (χ0v) is 20.4. The maximum atomic E-state index is 12.8. The van der Waals surface area contributed by atoms with Gasteiger partial charge in [-0.2, -0.15) is 0 Å². The van der Waals surface area contributed by atoms with E-state index in [9.17, 15) is 4.79 Å². The van der Waals surface area contributed by atoms with E-state index in [-0.39, 0.29) is 5.91 Å². The molecule has 4 rings (SSSR count). The number of methoxy groups -OCH3 is 1. The van der Waals surface area contributed by atoms with E-state index in [0.29, 0.717) is 29.7 Å². The van der Waals surface area contributed by atoms with E-state index in [4.69, 9.17) is 14.0 Å². The number of piperidine rings is 1. The van der Waals surface area contributed by atoms with Crippen molar-refractivity contribution in [1.82, 2.24) is 10.1 Å². The molecule has 1 aliphatic heterocycles. The number of likely N-dealkylation sites (tertiary alicyclic amines) is 1. The zero-order valence-electron chi connectivity index (χ0n) is 20.4. The number of carbonyl (C=O) groups is 1. The molecule has 1 aliphatic rings. The highest BCUT2D eigenvalue weighted by Gasteiger charge is 2.18. The predicted molar refractivity (Wildman–Crippen MR) is 131 cm³/mol. The summed E-state index contributed by atoms with van der Waals surface area (Å²) in [5.74, 6) is 1.57. The number of anilines is 1. The number of rotatable bonds is 8. The van der Waals surface area contributed by atoms with Crippen LogP contribution in [0.2, 0.25) is 0 Å². The Hall–Kier alpha value is -3.32. The van der Waals surface area contributed by atoms with Crippen molar-refractivity contribution in [2.75, 3.05) is 19.0 Å². The molecule has 2 heterocycles. The summed E-state index contributed by atoms with van der Waals surface area (Å²) in [6.45, 7) is 8.44. The summed E-state index contributed by atoms with van der Waals surface area (Å²) in [7, 11) is 1.56. The minimum Gasteiger partial charge on any atom is -0.493 e. The van der Waals surface area contributed by atoms with Crippen LogP contribution < -0.4 is 14.8 Å². The van der Waals surface area contributed by atoms with Crippen molar-refractivity contribution in [3.63, 3.8) is 0 Å². The molecule has 1 fully saturated rings. The van der Waals surface area contributed by atoms with Gasteiger partial charge in [0, 0.05) is 23.8 Å². The molecule has 7 nitrogen and oxygen atoms in total. The Bertz CT molecular complexity index is 1100. The fourth-order valence-corrected chi connectivity index (χ4v) is 4.31. The smallest absolute Gasteiger partial charge is 0.255 e. The van der Waals surface area contributed by atoms with Gasteiger partial charge < -0.3 is 19.3 Å². The third kappa shape index (κ3) is 5.59. The molecule has 0 aliphatic carbocycles. The number of ether oxygens (including phenoxy) is 2. The van der Waals surface area contributed by atoms with Gasteiger partial charge in [0.15, 0.2) is 11.5 Å². The van der Waals surface area contributed by atoms with Crippen molar-refractivity contribution in [2.24, 2.45) is 0 Å². The second-order valence-electron chi connectivity index (χ2n) is 8.92. The van der Waals surface area contributed by atoms with E-state index in [1.165, 1.54) is 24.8 Å². The van der Waals surface area contributed by atoms with Crippen LogP contribution in [0.5, 0.6) is 11.5 Å². The highest BCUT2D eigenvalue weighted by molar-refractivity contribution is 6.04. The summed E-state index contributed by atoms with van der Waals surface area (Å²) >= 11 is 0. The molecule has 0 bridgehead atoms. The van der Waals surface area contributed by atoms with Crippen LogP contribution in [0, 0.1) is 13.8 Å². The normalized spacial score (nSPS) is 16.3. The van der Waals surface area contributed by atoms with Gasteiger partial charge in [0.05, 0.1) is 18.4 Å². The average Bonchev–Trinajstić information content (AvgIpc) is 3.17. The first kappa shape index (κ1) is 23.8. The van der Waals surface area contributed by atoms with Crippen LogP contribution in [0.3, 0.4) is 0 Å². The number of benzene rings is 2. The van der Waals surface area contributed by atoms with Gasteiger partial charge in [-0.1, -0.05) is 23.7 Å². The molecule has 1 saturated heterocycles. The third-order valence-corrected chi connectivity index (χ3v) is 6.52. The Balaban J connectivity index is 1.37. The second kappa shape index (κ2) is 10.7. The largest absolute Gasteiger partial charge is 0.493 e. The maximum Gasteiger partial charge on any atom is 0.255 e. The van der Waals surface area contributed by atoms with Gasteiger partial charge in [-0.25, -0.2) is 0 Å². The number of amides is 1. The summed E-state index contributed by atoms with van der Waals surface area (Å²) in [5.41, 5.74) is 4.21. The average molecular weight is 464 g/mol. The number of aromatic nitrogens is 1. The van der Waals surface area contributed by atoms with Gasteiger partial charge in [-0.3, -0.25) is 9.69 Å². The number of nitrogens with one attached hydrogen (secondary N) is 1. The van der Waals surface area contributed by atoms with Gasteiger partial charge in [-0.15, -0.1) is 0 Å². The lowest BCUT2D eigenvalue weighted by atomic mass is 10.0. The molecule has 180 valence electrons. The van der Waals surface area contributed by atoms with Crippen LogP contribution in [0.1, 0.15) is 59.1 Å². The van der Waals surface area contributed by atoms with E-state index < -0.39 is 0 Å². The maximum absolute atomic E-state index is 12.8. The van der Waals surface area contributed by atoms with Crippen LogP contribution in [-0.2, 0) is 13.2 Å². The van der Waals surface area contributed by atoms with Gasteiger partial charge in [0.25, 0.3) is 5.91 Å². The van der Waals surface area contributed by atoms with E-state index >= 15 is 0 Å². The number of hydrogen-bond donors (Lipinski definition) is 1. The summed E-state index contributed by atoms with van der Waals surface area (Å²) in [6, 6.07) is 13.9. The molecule has 0 radical (unpaired) electrons. The van der Waals surface area contributed by atoms with Crippen LogP contribution in [-0.4, -0.2) is 35.7 Å². The Morgan fingerprint density at radius 1 is 1.15 bits per heavy atom. The quantitative estimate of drug-likeness (QED) is 0.475. The monoisotopic (exact) mass is 463 g/mol. The van der Waals surface area contributed by atoms with Gasteiger partial charge in [-0.05, 0) is 76.1 Å². The first-order valence-electron chi connectivity index (χ1n) is 11.8.